The fourth-order valence-electron chi connectivity index (χ4n) is 2.74. The van der Waals surface area contributed by atoms with E-state index in [9.17, 15) is 4.79 Å². The lowest BCUT2D eigenvalue weighted by Crippen LogP contribution is -2.34. The molecule has 1 amide bonds. The Labute approximate surface area is 152 Å². The number of para-hydroxylation sites is 1. The molecule has 0 aliphatic rings. The molecule has 0 atom stereocenters. The summed E-state index contributed by atoms with van der Waals surface area (Å²) in [5.41, 5.74) is 3.48. The minimum absolute atomic E-state index is 0.0303. The molecule has 0 saturated heterocycles. The second kappa shape index (κ2) is 7.53. The number of nitrogens with zero attached hydrogens (tertiary/aromatic N) is 3. The first kappa shape index (κ1) is 17.2. The summed E-state index contributed by atoms with van der Waals surface area (Å²) in [7, 11) is 0. The zero-order chi connectivity index (χ0) is 17.8. The number of halogens is 1. The van der Waals surface area contributed by atoms with Gasteiger partial charge in [0.1, 0.15) is 6.54 Å². The van der Waals surface area contributed by atoms with Crippen LogP contribution in [0.3, 0.4) is 0 Å². The van der Waals surface area contributed by atoms with Crippen molar-refractivity contribution < 1.29 is 4.79 Å². The van der Waals surface area contributed by atoms with Crippen LogP contribution >= 0.6 is 11.6 Å². The van der Waals surface area contributed by atoms with E-state index in [2.05, 4.69) is 5.10 Å². The largest absolute Gasteiger partial charge is 0.306 e. The highest BCUT2D eigenvalue weighted by Gasteiger charge is 2.19. The van der Waals surface area contributed by atoms with Gasteiger partial charge in [-0.1, -0.05) is 60.1 Å². The third-order valence-electron chi connectivity index (χ3n) is 4.13. The number of amides is 1. The summed E-state index contributed by atoms with van der Waals surface area (Å²) in [6.45, 7) is 4.38. The maximum absolute atomic E-state index is 13.0. The van der Waals surface area contributed by atoms with Crippen molar-refractivity contribution in [1.29, 1.82) is 0 Å². The van der Waals surface area contributed by atoms with Crippen molar-refractivity contribution in [2.45, 2.75) is 26.9 Å². The Bertz CT molecular complexity index is 859. The van der Waals surface area contributed by atoms with Gasteiger partial charge in [-0.25, -0.2) is 0 Å². The summed E-state index contributed by atoms with van der Waals surface area (Å²) >= 11 is 6.20. The van der Waals surface area contributed by atoms with Crippen LogP contribution in [0.1, 0.15) is 17.0 Å². The Hall–Kier alpha value is -2.59. The number of carbonyl (C=O) groups excluding carboxylic acids is 1. The van der Waals surface area contributed by atoms with E-state index in [1.165, 1.54) is 0 Å². The van der Waals surface area contributed by atoms with Crippen molar-refractivity contribution in [3.05, 3.63) is 82.6 Å². The summed E-state index contributed by atoms with van der Waals surface area (Å²) in [6, 6.07) is 19.6. The van der Waals surface area contributed by atoms with Gasteiger partial charge in [0.05, 0.1) is 23.0 Å². The molecule has 0 bridgehead atoms. The number of aryl methyl sites for hydroxylation is 1. The number of benzene rings is 2. The van der Waals surface area contributed by atoms with Gasteiger partial charge in [-0.15, -0.1) is 0 Å². The van der Waals surface area contributed by atoms with Crippen LogP contribution in [-0.2, 0) is 17.9 Å². The highest BCUT2D eigenvalue weighted by Crippen LogP contribution is 2.21. The van der Waals surface area contributed by atoms with E-state index in [1.807, 2.05) is 74.5 Å². The van der Waals surface area contributed by atoms with Crippen molar-refractivity contribution in [2.24, 2.45) is 0 Å². The molecule has 3 rings (SSSR count). The normalized spacial score (nSPS) is 10.7. The van der Waals surface area contributed by atoms with Crippen LogP contribution in [-0.4, -0.2) is 15.7 Å². The first-order chi connectivity index (χ1) is 12.1. The maximum atomic E-state index is 13.0. The number of carbonyl (C=O) groups is 1. The summed E-state index contributed by atoms with van der Waals surface area (Å²) in [4.78, 5) is 14.8. The van der Waals surface area contributed by atoms with Gasteiger partial charge in [-0.2, -0.15) is 5.10 Å². The van der Waals surface area contributed by atoms with E-state index in [0.29, 0.717) is 11.6 Å². The number of rotatable bonds is 5. The Morgan fingerprint density at radius 1 is 1.04 bits per heavy atom. The van der Waals surface area contributed by atoms with Crippen LogP contribution in [0.15, 0.2) is 60.7 Å². The zero-order valence-electron chi connectivity index (χ0n) is 14.3. The molecule has 2 aromatic carbocycles. The fraction of sp³-hybridized carbons (Fsp3) is 0.200. The molecule has 4 nitrogen and oxygen atoms in total. The quantitative estimate of drug-likeness (QED) is 0.682. The lowest BCUT2D eigenvalue weighted by Gasteiger charge is -2.23. The molecule has 128 valence electrons. The van der Waals surface area contributed by atoms with E-state index in [0.717, 1.165) is 22.6 Å². The molecule has 0 unspecified atom stereocenters. The summed E-state index contributed by atoms with van der Waals surface area (Å²) in [5.74, 6) is -0.0303. The highest BCUT2D eigenvalue weighted by atomic mass is 35.5. The minimum atomic E-state index is -0.0303. The number of hydrogen-bond donors (Lipinski definition) is 0. The van der Waals surface area contributed by atoms with E-state index in [4.69, 9.17) is 11.6 Å². The molecule has 1 aromatic heterocycles. The molecule has 0 spiro atoms. The van der Waals surface area contributed by atoms with E-state index >= 15 is 0 Å². The predicted octanol–water partition coefficient (Wildman–Crippen LogP) is 4.39. The van der Waals surface area contributed by atoms with Gasteiger partial charge in [-0.3, -0.25) is 9.48 Å². The van der Waals surface area contributed by atoms with Crippen LogP contribution in [0.5, 0.6) is 0 Å². The first-order valence-electron chi connectivity index (χ1n) is 8.15. The summed E-state index contributed by atoms with van der Waals surface area (Å²) in [6.07, 6.45) is 0. The average Bonchev–Trinajstić information content (AvgIpc) is 2.88. The van der Waals surface area contributed by atoms with Crippen molar-refractivity contribution in [1.82, 2.24) is 9.78 Å². The third kappa shape index (κ3) is 3.91. The molecule has 0 fully saturated rings. The lowest BCUT2D eigenvalue weighted by molar-refractivity contribution is -0.119. The van der Waals surface area contributed by atoms with Gasteiger partial charge in [0.15, 0.2) is 0 Å². The van der Waals surface area contributed by atoms with Crippen molar-refractivity contribution in [3.8, 4) is 0 Å². The second-order valence-electron chi connectivity index (χ2n) is 5.94. The Morgan fingerprint density at radius 2 is 1.64 bits per heavy atom. The standard InChI is InChI=1S/C20H20ClN3O/c1-15-20(21)16(2)24(22-15)14-19(25)23(18-11-7-4-8-12-18)13-17-9-5-3-6-10-17/h3-12H,13-14H2,1-2H3. The van der Waals surface area contributed by atoms with E-state index in [1.54, 1.807) is 9.58 Å². The minimum Gasteiger partial charge on any atom is -0.306 e. The monoisotopic (exact) mass is 353 g/mol. The average molecular weight is 354 g/mol. The lowest BCUT2D eigenvalue weighted by atomic mass is 10.2. The van der Waals surface area contributed by atoms with Crippen LogP contribution in [0.4, 0.5) is 5.69 Å². The predicted molar refractivity (Wildman–Crippen MR) is 101 cm³/mol. The van der Waals surface area contributed by atoms with E-state index < -0.39 is 0 Å². The molecule has 0 radical (unpaired) electrons. The Morgan fingerprint density at radius 3 is 2.20 bits per heavy atom. The summed E-state index contributed by atoms with van der Waals surface area (Å²) < 4.78 is 1.67. The van der Waals surface area contributed by atoms with Gasteiger partial charge in [0, 0.05) is 5.69 Å². The molecule has 1 heterocycles. The number of aromatic nitrogens is 2. The zero-order valence-corrected chi connectivity index (χ0v) is 15.1. The Balaban J connectivity index is 1.88. The molecular formula is C20H20ClN3O. The third-order valence-corrected chi connectivity index (χ3v) is 4.68. The number of anilines is 1. The van der Waals surface area contributed by atoms with Crippen LogP contribution in [0, 0.1) is 13.8 Å². The topological polar surface area (TPSA) is 38.1 Å². The van der Waals surface area contributed by atoms with Crippen LogP contribution in [0.2, 0.25) is 5.02 Å². The smallest absolute Gasteiger partial charge is 0.249 e. The fourth-order valence-corrected chi connectivity index (χ4v) is 2.88. The molecular weight excluding hydrogens is 334 g/mol. The molecule has 0 aliphatic carbocycles. The maximum Gasteiger partial charge on any atom is 0.249 e. The number of hydrogen-bond acceptors (Lipinski definition) is 2. The Kier molecular flexibility index (Phi) is 5.19. The van der Waals surface area contributed by atoms with E-state index in [-0.39, 0.29) is 12.5 Å². The summed E-state index contributed by atoms with van der Waals surface area (Å²) in [5, 5.41) is 4.98. The molecule has 0 aliphatic heterocycles. The van der Waals surface area contributed by atoms with Gasteiger partial charge in [0.2, 0.25) is 5.91 Å². The van der Waals surface area contributed by atoms with Gasteiger partial charge >= 0.3 is 0 Å². The molecule has 25 heavy (non-hydrogen) atoms. The molecule has 3 aromatic rings. The van der Waals surface area contributed by atoms with Crippen molar-refractivity contribution in [2.75, 3.05) is 4.90 Å². The van der Waals surface area contributed by atoms with Crippen molar-refractivity contribution in [3.63, 3.8) is 0 Å². The highest BCUT2D eigenvalue weighted by molar-refractivity contribution is 6.31. The van der Waals surface area contributed by atoms with Gasteiger partial charge in [-0.05, 0) is 31.5 Å². The second-order valence-corrected chi connectivity index (χ2v) is 6.32. The SMILES string of the molecule is Cc1nn(CC(=O)N(Cc2ccccc2)c2ccccc2)c(C)c1Cl. The van der Waals surface area contributed by atoms with Gasteiger partial charge < -0.3 is 4.90 Å². The first-order valence-corrected chi connectivity index (χ1v) is 8.53. The van der Waals surface area contributed by atoms with Crippen molar-refractivity contribution >= 4 is 23.2 Å². The molecule has 0 saturated carbocycles. The van der Waals surface area contributed by atoms with Crippen LogP contribution < -0.4 is 4.90 Å². The molecule has 0 N–H and O–H groups in total. The van der Waals surface area contributed by atoms with Gasteiger partial charge in [0.25, 0.3) is 0 Å². The van der Waals surface area contributed by atoms with Crippen LogP contribution in [0.25, 0.3) is 0 Å². The molecule has 5 heteroatoms.